The minimum absolute atomic E-state index is 0.0583. The molecule has 8 nitrogen and oxygen atoms in total. The molecule has 1 aromatic rings. The number of aryl methyl sites for hydroxylation is 1. The molecule has 0 radical (unpaired) electrons. The topological polar surface area (TPSA) is 123 Å². The van der Waals surface area contributed by atoms with E-state index in [9.17, 15) is 18.0 Å². The molecule has 2 atom stereocenters. The highest BCUT2D eigenvalue weighted by atomic mass is 32.2. The van der Waals surface area contributed by atoms with Gasteiger partial charge in [-0.2, -0.15) is 4.31 Å². The quantitative estimate of drug-likeness (QED) is 0.773. The standard InChI is InChI=1S/C12H17N3O5S/c1-7-4-15(6-9(7)12(17)18)21(19,20)8-3-10(11(13)16)14(2)5-8/h3,5,7,9H,4,6H2,1-2H3,(H2,13,16)(H,17,18). The molecule has 2 unspecified atom stereocenters. The molecule has 9 heteroatoms. The summed E-state index contributed by atoms with van der Waals surface area (Å²) >= 11 is 0. The average Bonchev–Trinajstić information content (AvgIpc) is 2.93. The maximum Gasteiger partial charge on any atom is 0.308 e. The van der Waals surface area contributed by atoms with Crippen LogP contribution in [0.3, 0.4) is 0 Å². The highest BCUT2D eigenvalue weighted by molar-refractivity contribution is 7.89. The fourth-order valence-electron chi connectivity index (χ4n) is 2.51. The average molecular weight is 315 g/mol. The van der Waals surface area contributed by atoms with Gasteiger partial charge in [0.05, 0.1) is 5.92 Å². The summed E-state index contributed by atoms with van der Waals surface area (Å²) in [7, 11) is -2.31. The van der Waals surface area contributed by atoms with Crippen LogP contribution in [0.5, 0.6) is 0 Å². The zero-order valence-corrected chi connectivity index (χ0v) is 12.5. The third-order valence-electron chi connectivity index (χ3n) is 3.77. The van der Waals surface area contributed by atoms with Gasteiger partial charge in [0.25, 0.3) is 5.91 Å². The van der Waals surface area contributed by atoms with Crippen molar-refractivity contribution in [3.63, 3.8) is 0 Å². The lowest BCUT2D eigenvalue weighted by Crippen LogP contribution is -2.29. The van der Waals surface area contributed by atoms with E-state index in [0.717, 1.165) is 4.31 Å². The molecule has 1 fully saturated rings. The van der Waals surface area contributed by atoms with Crippen LogP contribution < -0.4 is 5.73 Å². The predicted octanol–water partition coefficient (Wildman–Crippen LogP) is -0.535. The fourth-order valence-corrected chi connectivity index (χ4v) is 4.15. The Morgan fingerprint density at radius 1 is 1.38 bits per heavy atom. The summed E-state index contributed by atoms with van der Waals surface area (Å²) in [4.78, 5) is 22.2. The van der Waals surface area contributed by atoms with Crippen LogP contribution in [-0.4, -0.2) is 47.4 Å². The second-order valence-corrected chi connectivity index (χ2v) is 7.22. The molecule has 0 bridgehead atoms. The second-order valence-electron chi connectivity index (χ2n) is 5.28. The van der Waals surface area contributed by atoms with Crippen molar-refractivity contribution in [1.82, 2.24) is 8.87 Å². The molecule has 0 aromatic carbocycles. The Balaban J connectivity index is 2.33. The Hall–Kier alpha value is -1.87. The first kappa shape index (κ1) is 15.5. The van der Waals surface area contributed by atoms with E-state index < -0.39 is 27.8 Å². The molecular formula is C12H17N3O5S. The first-order valence-corrected chi connectivity index (χ1v) is 7.77. The summed E-state index contributed by atoms with van der Waals surface area (Å²) in [6, 6.07) is 1.20. The van der Waals surface area contributed by atoms with Crippen LogP contribution in [0, 0.1) is 11.8 Å². The molecule has 3 N–H and O–H groups in total. The summed E-state index contributed by atoms with van der Waals surface area (Å²) in [6.07, 6.45) is 1.30. The molecule has 0 spiro atoms. The number of primary amides is 1. The highest BCUT2D eigenvalue weighted by Gasteiger charge is 2.41. The molecule has 1 aliphatic heterocycles. The van der Waals surface area contributed by atoms with Gasteiger partial charge in [-0.15, -0.1) is 0 Å². The normalized spacial score (nSPS) is 23.3. The molecule has 0 aliphatic carbocycles. The van der Waals surface area contributed by atoms with Gasteiger partial charge in [-0.3, -0.25) is 9.59 Å². The largest absolute Gasteiger partial charge is 0.481 e. The molecule has 1 aromatic heterocycles. The number of carboxylic acids is 1. The van der Waals surface area contributed by atoms with Gasteiger partial charge in [0.2, 0.25) is 10.0 Å². The van der Waals surface area contributed by atoms with Gasteiger partial charge in [0.15, 0.2) is 0 Å². The molecule has 0 saturated carbocycles. The van der Waals surface area contributed by atoms with E-state index in [1.54, 1.807) is 6.92 Å². The minimum Gasteiger partial charge on any atom is -0.481 e. The van der Waals surface area contributed by atoms with Crippen LogP contribution in [-0.2, 0) is 21.9 Å². The number of amides is 1. The summed E-state index contributed by atoms with van der Waals surface area (Å²) in [5.41, 5.74) is 5.24. The Morgan fingerprint density at radius 2 is 2.00 bits per heavy atom. The van der Waals surface area contributed by atoms with Crippen molar-refractivity contribution in [2.24, 2.45) is 24.6 Å². The highest BCUT2D eigenvalue weighted by Crippen LogP contribution is 2.29. The Labute approximate surface area is 122 Å². The third kappa shape index (κ3) is 2.66. The van der Waals surface area contributed by atoms with E-state index in [2.05, 4.69) is 0 Å². The molecule has 1 saturated heterocycles. The van der Waals surface area contributed by atoms with Gasteiger partial charge in [-0.25, -0.2) is 8.42 Å². The predicted molar refractivity (Wildman–Crippen MR) is 73.0 cm³/mol. The fraction of sp³-hybridized carbons (Fsp3) is 0.500. The maximum absolute atomic E-state index is 12.5. The van der Waals surface area contributed by atoms with Crippen LogP contribution in [0.15, 0.2) is 17.2 Å². The molecule has 1 aliphatic rings. The Bertz CT molecular complexity index is 694. The SMILES string of the molecule is CC1CN(S(=O)(=O)c2cc(C(N)=O)n(C)c2)CC1C(=O)O. The number of aromatic nitrogens is 1. The van der Waals surface area contributed by atoms with Gasteiger partial charge >= 0.3 is 5.97 Å². The van der Waals surface area contributed by atoms with Crippen molar-refractivity contribution in [2.45, 2.75) is 11.8 Å². The third-order valence-corrected chi connectivity index (χ3v) is 5.56. The number of nitrogens with two attached hydrogens (primary N) is 1. The number of carbonyl (C=O) groups is 2. The summed E-state index contributed by atoms with van der Waals surface area (Å²) in [5, 5.41) is 9.07. The van der Waals surface area contributed by atoms with Crippen molar-refractivity contribution in [1.29, 1.82) is 0 Å². The van der Waals surface area contributed by atoms with E-state index >= 15 is 0 Å². The van der Waals surface area contributed by atoms with Crippen LogP contribution in [0.1, 0.15) is 17.4 Å². The van der Waals surface area contributed by atoms with Gasteiger partial charge in [0.1, 0.15) is 10.6 Å². The number of carboxylic acid groups (broad SMARTS) is 1. The number of nitrogens with zero attached hydrogens (tertiary/aromatic N) is 2. The smallest absolute Gasteiger partial charge is 0.308 e. The van der Waals surface area contributed by atoms with Crippen LogP contribution in [0.2, 0.25) is 0 Å². The lowest BCUT2D eigenvalue weighted by molar-refractivity contribution is -0.142. The van der Waals surface area contributed by atoms with E-state index in [1.165, 1.54) is 23.9 Å². The van der Waals surface area contributed by atoms with Crippen molar-refractivity contribution in [2.75, 3.05) is 13.1 Å². The monoisotopic (exact) mass is 315 g/mol. The van der Waals surface area contributed by atoms with E-state index in [1.807, 2.05) is 0 Å². The summed E-state index contributed by atoms with van der Waals surface area (Å²) in [6.45, 7) is 1.77. The maximum atomic E-state index is 12.5. The molecule has 2 heterocycles. The number of carbonyl (C=O) groups excluding carboxylic acids is 1. The van der Waals surface area contributed by atoms with E-state index in [0.29, 0.717) is 0 Å². The molecule has 116 valence electrons. The number of rotatable bonds is 4. The number of sulfonamides is 1. The van der Waals surface area contributed by atoms with Crippen molar-refractivity contribution >= 4 is 21.9 Å². The zero-order chi connectivity index (χ0) is 15.9. The van der Waals surface area contributed by atoms with Crippen molar-refractivity contribution in [3.05, 3.63) is 18.0 Å². The number of aliphatic carboxylic acids is 1. The van der Waals surface area contributed by atoms with Crippen molar-refractivity contribution in [3.8, 4) is 0 Å². The van der Waals surface area contributed by atoms with Gasteiger partial charge in [-0.05, 0) is 12.0 Å². The molecule has 1 amide bonds. The lowest BCUT2D eigenvalue weighted by Gasteiger charge is -2.14. The zero-order valence-electron chi connectivity index (χ0n) is 11.7. The number of hydrogen-bond acceptors (Lipinski definition) is 4. The Kier molecular flexibility index (Phi) is 3.81. The van der Waals surface area contributed by atoms with Gasteiger partial charge in [-0.1, -0.05) is 6.92 Å². The first-order valence-electron chi connectivity index (χ1n) is 6.33. The Morgan fingerprint density at radius 3 is 2.43 bits per heavy atom. The van der Waals surface area contributed by atoms with E-state index in [4.69, 9.17) is 10.8 Å². The molecule has 21 heavy (non-hydrogen) atoms. The number of hydrogen-bond donors (Lipinski definition) is 2. The van der Waals surface area contributed by atoms with Gasteiger partial charge < -0.3 is 15.4 Å². The second kappa shape index (κ2) is 5.15. The van der Waals surface area contributed by atoms with Crippen LogP contribution in [0.25, 0.3) is 0 Å². The molecule has 2 rings (SSSR count). The van der Waals surface area contributed by atoms with Crippen LogP contribution >= 0.6 is 0 Å². The van der Waals surface area contributed by atoms with Crippen molar-refractivity contribution < 1.29 is 23.1 Å². The summed E-state index contributed by atoms with van der Waals surface area (Å²) in [5.74, 6) is -2.72. The minimum atomic E-state index is -3.83. The van der Waals surface area contributed by atoms with Crippen LogP contribution in [0.4, 0.5) is 0 Å². The first-order chi connectivity index (χ1) is 9.64. The van der Waals surface area contributed by atoms with E-state index in [-0.39, 0.29) is 29.6 Å². The van der Waals surface area contributed by atoms with Gasteiger partial charge in [0, 0.05) is 26.3 Å². The molecular weight excluding hydrogens is 298 g/mol. The lowest BCUT2D eigenvalue weighted by atomic mass is 9.99. The summed E-state index contributed by atoms with van der Waals surface area (Å²) < 4.78 is 27.5.